The summed E-state index contributed by atoms with van der Waals surface area (Å²) in [5.41, 5.74) is 2.11. The van der Waals surface area contributed by atoms with Crippen LogP contribution in [0.5, 0.6) is 0 Å². The maximum absolute atomic E-state index is 11.6. The lowest BCUT2D eigenvalue weighted by molar-refractivity contribution is -0.124. The Bertz CT molecular complexity index is 607. The van der Waals surface area contributed by atoms with E-state index < -0.39 is 0 Å². The first-order valence-corrected chi connectivity index (χ1v) is 7.96. The molecule has 0 atom stereocenters. The summed E-state index contributed by atoms with van der Waals surface area (Å²) in [4.78, 5) is 16.2. The van der Waals surface area contributed by atoms with Gasteiger partial charge in [-0.15, -0.1) is 0 Å². The average molecular weight is 303 g/mol. The van der Waals surface area contributed by atoms with Crippen molar-refractivity contribution in [3.63, 3.8) is 0 Å². The third kappa shape index (κ3) is 4.31. The van der Waals surface area contributed by atoms with Crippen molar-refractivity contribution >= 4 is 16.9 Å². The predicted octanol–water partition coefficient (Wildman–Crippen LogP) is 2.88. The molecule has 0 aliphatic carbocycles. The number of carbonyl (C=O) groups is 1. The second kappa shape index (κ2) is 8.54. The zero-order valence-electron chi connectivity index (χ0n) is 13.5. The second-order valence-electron chi connectivity index (χ2n) is 5.44. The van der Waals surface area contributed by atoms with Crippen molar-refractivity contribution in [1.29, 1.82) is 0 Å². The van der Waals surface area contributed by atoms with Crippen LogP contribution in [-0.4, -0.2) is 29.2 Å². The highest BCUT2D eigenvalue weighted by molar-refractivity contribution is 5.78. The Kier molecular flexibility index (Phi) is 6.40. The van der Waals surface area contributed by atoms with Gasteiger partial charge in [-0.3, -0.25) is 4.79 Å². The van der Waals surface area contributed by atoms with Crippen LogP contribution in [0.15, 0.2) is 24.3 Å². The van der Waals surface area contributed by atoms with Crippen LogP contribution in [0.25, 0.3) is 11.0 Å². The Morgan fingerprint density at radius 1 is 1.27 bits per heavy atom. The van der Waals surface area contributed by atoms with E-state index in [1.165, 1.54) is 26.4 Å². The van der Waals surface area contributed by atoms with Gasteiger partial charge in [-0.1, -0.05) is 38.3 Å². The van der Waals surface area contributed by atoms with Gasteiger partial charge in [0, 0.05) is 13.7 Å². The number of hydrogen-bond donors (Lipinski definition) is 1. The number of hydrogen-bond acceptors (Lipinski definition) is 3. The van der Waals surface area contributed by atoms with Gasteiger partial charge < -0.3 is 14.6 Å². The lowest BCUT2D eigenvalue weighted by Gasteiger charge is -2.10. The van der Waals surface area contributed by atoms with Crippen LogP contribution >= 0.6 is 0 Å². The third-order valence-corrected chi connectivity index (χ3v) is 3.69. The lowest BCUT2D eigenvalue weighted by atomic mass is 10.2. The van der Waals surface area contributed by atoms with Crippen molar-refractivity contribution in [3.05, 3.63) is 30.1 Å². The molecule has 5 nitrogen and oxygen atoms in total. The molecule has 1 N–H and O–H groups in total. The molecular formula is C17H25N3O2. The molecule has 120 valence electrons. The fourth-order valence-electron chi connectivity index (χ4n) is 2.57. The number of benzene rings is 1. The third-order valence-electron chi connectivity index (χ3n) is 3.69. The average Bonchev–Trinajstić information content (AvgIpc) is 2.88. The molecule has 0 bridgehead atoms. The van der Waals surface area contributed by atoms with Crippen LogP contribution in [0.1, 0.15) is 38.4 Å². The van der Waals surface area contributed by atoms with Crippen LogP contribution in [0, 0.1) is 0 Å². The summed E-state index contributed by atoms with van der Waals surface area (Å²) in [6.45, 7) is 3.67. The molecule has 0 spiro atoms. The summed E-state index contributed by atoms with van der Waals surface area (Å²) >= 11 is 0. The maximum Gasteiger partial charge on any atom is 0.246 e. The molecule has 1 aromatic carbocycles. The minimum Gasteiger partial charge on any atom is -0.375 e. The Labute approximate surface area is 131 Å². The Morgan fingerprint density at radius 3 is 2.86 bits per heavy atom. The lowest BCUT2D eigenvalue weighted by Crippen LogP contribution is -2.28. The van der Waals surface area contributed by atoms with Gasteiger partial charge in [0.2, 0.25) is 5.91 Å². The molecule has 0 saturated carbocycles. The first-order valence-electron chi connectivity index (χ1n) is 7.96. The number of carbonyl (C=O) groups excluding carboxylic acids is 1. The van der Waals surface area contributed by atoms with Gasteiger partial charge >= 0.3 is 0 Å². The van der Waals surface area contributed by atoms with Crippen molar-refractivity contribution in [2.45, 2.75) is 45.7 Å². The highest BCUT2D eigenvalue weighted by Gasteiger charge is 2.11. The highest BCUT2D eigenvalue weighted by Crippen LogP contribution is 2.17. The maximum atomic E-state index is 11.6. The van der Waals surface area contributed by atoms with Crippen LogP contribution < -0.4 is 5.32 Å². The number of amides is 1. The molecule has 1 aromatic heterocycles. The number of unbranched alkanes of at least 4 members (excludes halogenated alkanes) is 3. The van der Waals surface area contributed by atoms with E-state index in [1.54, 1.807) is 0 Å². The number of aromatic nitrogens is 2. The number of aryl methyl sites for hydroxylation is 1. The zero-order chi connectivity index (χ0) is 15.8. The number of fused-ring (bicyclic) bond motifs is 1. The number of nitrogens with one attached hydrogen (secondary N) is 1. The van der Waals surface area contributed by atoms with E-state index in [0.29, 0.717) is 6.54 Å². The summed E-state index contributed by atoms with van der Waals surface area (Å²) in [5.74, 6) is 0.786. The Balaban J connectivity index is 2.11. The number of methoxy groups -OCH3 is 1. The van der Waals surface area contributed by atoms with Crippen molar-refractivity contribution in [3.8, 4) is 0 Å². The van der Waals surface area contributed by atoms with Gasteiger partial charge in [0.15, 0.2) is 0 Å². The standard InChI is InChI=1S/C17H25N3O2/c1-3-4-5-8-11-20-15-10-7-6-9-14(15)19-16(20)12-18-17(21)13-22-2/h6-7,9-10H,3-5,8,11-13H2,1-2H3,(H,18,21). The van der Waals surface area contributed by atoms with E-state index in [2.05, 4.69) is 27.9 Å². The smallest absolute Gasteiger partial charge is 0.246 e. The topological polar surface area (TPSA) is 56.2 Å². The van der Waals surface area contributed by atoms with E-state index >= 15 is 0 Å². The number of para-hydroxylation sites is 2. The second-order valence-corrected chi connectivity index (χ2v) is 5.44. The normalized spacial score (nSPS) is 11.0. The largest absolute Gasteiger partial charge is 0.375 e. The Morgan fingerprint density at radius 2 is 2.09 bits per heavy atom. The van der Waals surface area contributed by atoms with Gasteiger partial charge in [0.05, 0.1) is 17.6 Å². The van der Waals surface area contributed by atoms with Crippen molar-refractivity contribution < 1.29 is 9.53 Å². The molecule has 5 heteroatoms. The summed E-state index contributed by atoms with van der Waals surface area (Å²) in [5, 5.41) is 2.86. The predicted molar refractivity (Wildman–Crippen MR) is 87.6 cm³/mol. The van der Waals surface area contributed by atoms with E-state index in [9.17, 15) is 4.79 Å². The van der Waals surface area contributed by atoms with Crippen molar-refractivity contribution in [2.75, 3.05) is 13.7 Å². The molecule has 1 amide bonds. The molecule has 0 saturated heterocycles. The van der Waals surface area contributed by atoms with E-state index in [-0.39, 0.29) is 12.5 Å². The van der Waals surface area contributed by atoms with Gasteiger partial charge in [-0.25, -0.2) is 4.98 Å². The van der Waals surface area contributed by atoms with Gasteiger partial charge in [-0.05, 0) is 18.6 Å². The summed E-state index contributed by atoms with van der Waals surface area (Å²) in [7, 11) is 1.52. The molecule has 22 heavy (non-hydrogen) atoms. The number of nitrogens with zero attached hydrogens (tertiary/aromatic N) is 2. The quantitative estimate of drug-likeness (QED) is 0.725. The van der Waals surface area contributed by atoms with Crippen LogP contribution in [0.3, 0.4) is 0 Å². The molecule has 2 rings (SSSR count). The molecule has 1 heterocycles. The van der Waals surface area contributed by atoms with E-state index in [0.717, 1.165) is 29.8 Å². The highest BCUT2D eigenvalue weighted by atomic mass is 16.5. The number of imidazole rings is 1. The molecule has 0 unspecified atom stereocenters. The number of rotatable bonds is 9. The summed E-state index contributed by atoms with van der Waals surface area (Å²) in [6.07, 6.45) is 4.84. The monoisotopic (exact) mass is 303 g/mol. The Hall–Kier alpha value is -1.88. The number of ether oxygens (including phenoxy) is 1. The van der Waals surface area contributed by atoms with Gasteiger partial charge in [0.25, 0.3) is 0 Å². The summed E-state index contributed by atoms with van der Waals surface area (Å²) in [6, 6.07) is 8.12. The fraction of sp³-hybridized carbons (Fsp3) is 0.529. The van der Waals surface area contributed by atoms with Crippen LogP contribution in [0.2, 0.25) is 0 Å². The minimum atomic E-state index is -0.118. The molecule has 0 aliphatic heterocycles. The summed E-state index contributed by atoms with van der Waals surface area (Å²) < 4.78 is 7.05. The van der Waals surface area contributed by atoms with E-state index in [1.807, 2.05) is 18.2 Å². The molecule has 0 fully saturated rings. The molecule has 2 aromatic rings. The van der Waals surface area contributed by atoms with E-state index in [4.69, 9.17) is 4.74 Å². The van der Waals surface area contributed by atoms with Crippen LogP contribution in [0.4, 0.5) is 0 Å². The van der Waals surface area contributed by atoms with Crippen molar-refractivity contribution in [2.24, 2.45) is 0 Å². The van der Waals surface area contributed by atoms with Gasteiger partial charge in [-0.2, -0.15) is 0 Å². The fourth-order valence-corrected chi connectivity index (χ4v) is 2.57. The molecule has 0 aliphatic rings. The van der Waals surface area contributed by atoms with Gasteiger partial charge in [0.1, 0.15) is 12.4 Å². The van der Waals surface area contributed by atoms with Crippen molar-refractivity contribution in [1.82, 2.24) is 14.9 Å². The molecular weight excluding hydrogens is 278 g/mol. The SMILES string of the molecule is CCCCCCn1c(CNC(=O)COC)nc2ccccc21. The molecule has 0 radical (unpaired) electrons. The first-order chi connectivity index (χ1) is 10.8. The first kappa shape index (κ1) is 16.5. The minimum absolute atomic E-state index is 0.0801. The van der Waals surface area contributed by atoms with Crippen LogP contribution in [-0.2, 0) is 22.6 Å². The zero-order valence-corrected chi connectivity index (χ0v) is 13.5.